The fraction of sp³-hybridized carbons (Fsp3) is 0.458. The predicted molar refractivity (Wildman–Crippen MR) is 114 cm³/mol. The average Bonchev–Trinajstić information content (AvgIpc) is 3.33. The Balaban J connectivity index is 1.14. The number of fused-ring (bicyclic) bond motifs is 4. The number of carbonyl (C=O) groups excluding carboxylic acids is 1. The molecule has 0 bridgehead atoms. The Hall–Kier alpha value is -2.53. The monoisotopic (exact) mass is 389 g/mol. The van der Waals surface area contributed by atoms with E-state index in [1.54, 1.807) is 0 Å². The number of likely N-dealkylation sites (tertiary alicyclic amines) is 1. The number of rotatable bonds is 4. The van der Waals surface area contributed by atoms with Crippen LogP contribution in [0.5, 0.6) is 5.75 Å². The maximum atomic E-state index is 12.1. The van der Waals surface area contributed by atoms with Crippen LogP contribution in [0.15, 0.2) is 36.4 Å². The summed E-state index contributed by atoms with van der Waals surface area (Å²) in [7, 11) is 0. The van der Waals surface area contributed by atoms with Gasteiger partial charge in [0.1, 0.15) is 5.75 Å². The number of ether oxygens (including phenoxy) is 1. The molecule has 0 unspecified atom stereocenters. The van der Waals surface area contributed by atoms with Crippen LogP contribution in [0.3, 0.4) is 0 Å². The molecule has 2 aromatic rings. The zero-order valence-electron chi connectivity index (χ0n) is 16.7. The molecule has 4 heterocycles. The molecule has 1 N–H and O–H groups in total. The van der Waals surface area contributed by atoms with Crippen molar-refractivity contribution in [2.24, 2.45) is 0 Å². The molecule has 0 aromatic heterocycles. The summed E-state index contributed by atoms with van der Waals surface area (Å²) in [5.74, 6) is 1.78. The highest BCUT2D eigenvalue weighted by Crippen LogP contribution is 2.49. The molecule has 29 heavy (non-hydrogen) atoms. The number of anilines is 2. The molecule has 1 amide bonds. The van der Waals surface area contributed by atoms with Crippen molar-refractivity contribution in [2.75, 3.05) is 43.0 Å². The number of para-hydroxylation sites is 2. The van der Waals surface area contributed by atoms with E-state index in [0.29, 0.717) is 18.5 Å². The molecule has 5 nitrogen and oxygen atoms in total. The van der Waals surface area contributed by atoms with E-state index in [2.05, 4.69) is 45.4 Å². The molecule has 0 spiro atoms. The first-order chi connectivity index (χ1) is 14.3. The Bertz CT molecular complexity index is 973. The summed E-state index contributed by atoms with van der Waals surface area (Å²) in [5.41, 5.74) is 6.44. The van der Waals surface area contributed by atoms with E-state index >= 15 is 0 Å². The van der Waals surface area contributed by atoms with Crippen molar-refractivity contribution in [3.63, 3.8) is 0 Å². The molecule has 6 rings (SSSR count). The standard InChI is InChI=1S/C24H27N3O2/c28-22-15-27-21-9-12-26(14-19(21)18-7-2-8-20(25-22)23(18)27)11-3-6-16-4-1-5-17-10-13-29-24(16)17/h1-2,4-5,7-8,19,21H,3,6,9-15H2,(H,25,28)/t19-,21-/m0/s1. The fourth-order valence-electron chi connectivity index (χ4n) is 5.85. The molecule has 2 aromatic carbocycles. The Morgan fingerprint density at radius 3 is 3.07 bits per heavy atom. The van der Waals surface area contributed by atoms with Crippen molar-refractivity contribution in [2.45, 2.75) is 37.6 Å². The minimum absolute atomic E-state index is 0.121. The van der Waals surface area contributed by atoms with Gasteiger partial charge in [-0.15, -0.1) is 0 Å². The lowest BCUT2D eigenvalue weighted by Crippen LogP contribution is -2.49. The van der Waals surface area contributed by atoms with Crippen LogP contribution in [0.4, 0.5) is 11.4 Å². The van der Waals surface area contributed by atoms with Crippen LogP contribution in [-0.4, -0.2) is 49.6 Å². The second-order valence-corrected chi connectivity index (χ2v) is 8.79. The van der Waals surface area contributed by atoms with Gasteiger partial charge in [-0.1, -0.05) is 30.3 Å². The highest BCUT2D eigenvalue weighted by atomic mass is 16.5. The highest BCUT2D eigenvalue weighted by Gasteiger charge is 2.45. The third-order valence-electron chi connectivity index (χ3n) is 7.12. The van der Waals surface area contributed by atoms with Gasteiger partial charge in [-0.25, -0.2) is 0 Å². The Morgan fingerprint density at radius 1 is 1.17 bits per heavy atom. The molecule has 4 aliphatic rings. The highest BCUT2D eigenvalue weighted by molar-refractivity contribution is 6.03. The number of piperidine rings is 1. The lowest BCUT2D eigenvalue weighted by atomic mass is 9.89. The maximum absolute atomic E-state index is 12.1. The van der Waals surface area contributed by atoms with Crippen LogP contribution in [0, 0.1) is 0 Å². The molecule has 2 atom stereocenters. The van der Waals surface area contributed by atoms with E-state index in [4.69, 9.17) is 4.74 Å². The normalized spacial score (nSPS) is 24.6. The number of amides is 1. The van der Waals surface area contributed by atoms with Gasteiger partial charge in [0.05, 0.1) is 24.5 Å². The van der Waals surface area contributed by atoms with Crippen LogP contribution in [0.1, 0.15) is 35.4 Å². The first-order valence-electron chi connectivity index (χ1n) is 10.9. The number of aryl methyl sites for hydroxylation is 1. The zero-order valence-corrected chi connectivity index (χ0v) is 16.7. The van der Waals surface area contributed by atoms with Gasteiger partial charge in [-0.05, 0) is 48.6 Å². The van der Waals surface area contributed by atoms with Crippen molar-refractivity contribution in [3.8, 4) is 5.75 Å². The van der Waals surface area contributed by atoms with Gasteiger partial charge < -0.3 is 19.9 Å². The van der Waals surface area contributed by atoms with Crippen LogP contribution in [0.25, 0.3) is 0 Å². The SMILES string of the molecule is O=C1CN2c3c(cccc3[C@@H]3CN(CCCc4cccc5c4OCC5)CC[C@@H]32)N1. The number of carbonyl (C=O) groups is 1. The quantitative estimate of drug-likeness (QED) is 0.872. The van der Waals surface area contributed by atoms with E-state index in [1.165, 1.54) is 22.4 Å². The second-order valence-electron chi connectivity index (χ2n) is 8.79. The molecule has 1 fully saturated rings. The van der Waals surface area contributed by atoms with Gasteiger partial charge >= 0.3 is 0 Å². The number of nitrogens with zero attached hydrogens (tertiary/aromatic N) is 2. The molecule has 4 aliphatic heterocycles. The van der Waals surface area contributed by atoms with Gasteiger partial charge in [0.15, 0.2) is 0 Å². The molecule has 0 saturated carbocycles. The minimum atomic E-state index is 0.121. The van der Waals surface area contributed by atoms with E-state index in [9.17, 15) is 4.79 Å². The van der Waals surface area contributed by atoms with E-state index in [0.717, 1.165) is 63.4 Å². The van der Waals surface area contributed by atoms with Crippen molar-refractivity contribution in [1.29, 1.82) is 0 Å². The summed E-state index contributed by atoms with van der Waals surface area (Å²) in [4.78, 5) is 17.1. The van der Waals surface area contributed by atoms with E-state index in [1.807, 2.05) is 6.07 Å². The van der Waals surface area contributed by atoms with Gasteiger partial charge in [0.25, 0.3) is 0 Å². The topological polar surface area (TPSA) is 44.8 Å². The number of nitrogens with one attached hydrogen (secondary N) is 1. The largest absolute Gasteiger partial charge is 0.493 e. The molecule has 0 aliphatic carbocycles. The number of hydrogen-bond acceptors (Lipinski definition) is 4. The molecule has 150 valence electrons. The van der Waals surface area contributed by atoms with Crippen molar-refractivity contribution in [3.05, 3.63) is 53.1 Å². The van der Waals surface area contributed by atoms with Crippen LogP contribution in [-0.2, 0) is 17.6 Å². The first kappa shape index (κ1) is 17.3. The smallest absolute Gasteiger partial charge is 0.243 e. The maximum Gasteiger partial charge on any atom is 0.243 e. The Morgan fingerprint density at radius 2 is 2.10 bits per heavy atom. The molecule has 0 radical (unpaired) electrons. The summed E-state index contributed by atoms with van der Waals surface area (Å²) in [6.07, 6.45) is 4.43. The summed E-state index contributed by atoms with van der Waals surface area (Å²) < 4.78 is 5.87. The molecule has 1 saturated heterocycles. The predicted octanol–water partition coefficient (Wildman–Crippen LogP) is 3.18. The summed E-state index contributed by atoms with van der Waals surface area (Å²) in [6.45, 7) is 4.67. The Labute approximate surface area is 171 Å². The summed E-state index contributed by atoms with van der Waals surface area (Å²) in [6, 6.07) is 13.5. The first-order valence-corrected chi connectivity index (χ1v) is 10.9. The van der Waals surface area contributed by atoms with Gasteiger partial charge in [0, 0.05) is 31.5 Å². The summed E-state index contributed by atoms with van der Waals surface area (Å²) in [5, 5.41) is 3.06. The second kappa shape index (κ2) is 6.77. The zero-order chi connectivity index (χ0) is 19.4. The number of benzene rings is 2. The molecular weight excluding hydrogens is 362 g/mol. The average molecular weight is 389 g/mol. The number of hydrogen-bond donors (Lipinski definition) is 1. The molecule has 5 heteroatoms. The van der Waals surface area contributed by atoms with Crippen LogP contribution < -0.4 is 15.0 Å². The molecular formula is C24H27N3O2. The van der Waals surface area contributed by atoms with Crippen molar-refractivity contribution < 1.29 is 9.53 Å². The van der Waals surface area contributed by atoms with E-state index in [-0.39, 0.29) is 5.91 Å². The minimum Gasteiger partial charge on any atom is -0.493 e. The van der Waals surface area contributed by atoms with Gasteiger partial charge in [0.2, 0.25) is 5.91 Å². The summed E-state index contributed by atoms with van der Waals surface area (Å²) >= 11 is 0. The third-order valence-corrected chi connectivity index (χ3v) is 7.12. The fourth-order valence-corrected chi connectivity index (χ4v) is 5.85. The Kier molecular flexibility index (Phi) is 4.05. The van der Waals surface area contributed by atoms with Crippen LogP contribution in [0.2, 0.25) is 0 Å². The van der Waals surface area contributed by atoms with Crippen molar-refractivity contribution in [1.82, 2.24) is 4.90 Å². The van der Waals surface area contributed by atoms with Gasteiger partial charge in [-0.2, -0.15) is 0 Å². The van der Waals surface area contributed by atoms with Gasteiger partial charge in [-0.3, -0.25) is 4.79 Å². The third kappa shape index (κ3) is 2.83. The lowest BCUT2D eigenvalue weighted by Gasteiger charge is -2.39. The van der Waals surface area contributed by atoms with E-state index < -0.39 is 0 Å². The lowest BCUT2D eigenvalue weighted by molar-refractivity contribution is -0.115. The van der Waals surface area contributed by atoms with Crippen LogP contribution >= 0.6 is 0 Å². The van der Waals surface area contributed by atoms with Crippen molar-refractivity contribution >= 4 is 17.3 Å².